The summed E-state index contributed by atoms with van der Waals surface area (Å²) < 4.78 is 18.4. The lowest BCUT2D eigenvalue weighted by atomic mass is 9.93. The molecule has 0 saturated heterocycles. The van der Waals surface area contributed by atoms with Crippen molar-refractivity contribution in [2.75, 3.05) is 19.7 Å². The Balaban J connectivity index is 1.69. The summed E-state index contributed by atoms with van der Waals surface area (Å²) in [5.74, 6) is 1.23. The molecule has 2 rings (SSSR count). The van der Waals surface area contributed by atoms with Crippen LogP contribution in [0.15, 0.2) is 29.3 Å². The quantitative estimate of drug-likeness (QED) is 0.406. The molecule has 0 aromatic heterocycles. The molecule has 1 saturated carbocycles. The average Bonchev–Trinajstić information content (AvgIpc) is 2.58. The Hall–Kier alpha value is -1.82. The molecule has 6 heteroatoms. The first-order chi connectivity index (χ1) is 11.7. The predicted octanol–water partition coefficient (Wildman–Crippen LogP) is 2.45. The lowest BCUT2D eigenvalue weighted by Gasteiger charge is -2.27. The van der Waals surface area contributed by atoms with Gasteiger partial charge >= 0.3 is 0 Å². The third kappa shape index (κ3) is 6.74. The lowest BCUT2D eigenvalue weighted by Crippen LogP contribution is -2.45. The van der Waals surface area contributed by atoms with E-state index in [9.17, 15) is 9.50 Å². The number of halogens is 1. The molecule has 0 unspecified atom stereocenters. The fraction of sp³-hybridized carbons (Fsp3) is 0.611. The van der Waals surface area contributed by atoms with E-state index in [-0.39, 0.29) is 11.9 Å². The van der Waals surface area contributed by atoms with Gasteiger partial charge in [0.15, 0.2) is 5.96 Å². The van der Waals surface area contributed by atoms with E-state index in [1.807, 2.05) is 6.92 Å². The molecule has 134 valence electrons. The zero-order valence-electron chi connectivity index (χ0n) is 14.3. The van der Waals surface area contributed by atoms with Crippen LogP contribution in [0.4, 0.5) is 4.39 Å². The molecule has 0 bridgehead atoms. The number of aliphatic hydroxyl groups is 1. The van der Waals surface area contributed by atoms with Gasteiger partial charge in [0.25, 0.3) is 0 Å². The average molecular weight is 337 g/mol. The highest BCUT2D eigenvalue weighted by Crippen LogP contribution is 2.18. The standard InChI is InChI=1S/C18H28FN3O2/c1-2-20-18(22-15-6-8-16(23)9-7-15)21-12-3-13-24-17-10-4-14(19)5-11-17/h4-5,10-11,15-16,23H,2-3,6-9,12-13H2,1H3,(H2,20,21,22). The highest BCUT2D eigenvalue weighted by atomic mass is 19.1. The van der Waals surface area contributed by atoms with Gasteiger partial charge in [-0.05, 0) is 56.9 Å². The van der Waals surface area contributed by atoms with Gasteiger partial charge in [-0.1, -0.05) is 0 Å². The summed E-state index contributed by atoms with van der Waals surface area (Å²) in [6.45, 7) is 4.06. The first-order valence-corrected chi connectivity index (χ1v) is 8.78. The van der Waals surface area contributed by atoms with Crippen molar-refractivity contribution in [2.45, 2.75) is 51.2 Å². The highest BCUT2D eigenvalue weighted by molar-refractivity contribution is 5.80. The molecule has 0 amide bonds. The van der Waals surface area contributed by atoms with Crippen LogP contribution in [0.1, 0.15) is 39.0 Å². The van der Waals surface area contributed by atoms with Gasteiger partial charge in [0.05, 0.1) is 12.7 Å². The minimum Gasteiger partial charge on any atom is -0.494 e. The Morgan fingerprint density at radius 3 is 2.62 bits per heavy atom. The van der Waals surface area contributed by atoms with Crippen LogP contribution >= 0.6 is 0 Å². The number of hydrogen-bond acceptors (Lipinski definition) is 3. The lowest BCUT2D eigenvalue weighted by molar-refractivity contribution is 0.120. The molecule has 1 aromatic rings. The molecular formula is C18H28FN3O2. The monoisotopic (exact) mass is 337 g/mol. The molecule has 3 N–H and O–H groups in total. The fourth-order valence-corrected chi connectivity index (χ4v) is 2.71. The minimum absolute atomic E-state index is 0.147. The molecule has 0 heterocycles. The van der Waals surface area contributed by atoms with Gasteiger partial charge < -0.3 is 20.5 Å². The fourth-order valence-electron chi connectivity index (χ4n) is 2.71. The van der Waals surface area contributed by atoms with E-state index in [4.69, 9.17) is 4.74 Å². The number of benzene rings is 1. The summed E-state index contributed by atoms with van der Waals surface area (Å²) in [6.07, 6.45) is 4.28. The molecule has 24 heavy (non-hydrogen) atoms. The molecule has 0 aliphatic heterocycles. The molecule has 0 radical (unpaired) electrons. The molecule has 5 nitrogen and oxygen atoms in total. The first kappa shape index (κ1) is 18.5. The van der Waals surface area contributed by atoms with Crippen LogP contribution < -0.4 is 15.4 Å². The Morgan fingerprint density at radius 2 is 1.96 bits per heavy atom. The molecule has 1 aromatic carbocycles. The van der Waals surface area contributed by atoms with Gasteiger partial charge in [0.2, 0.25) is 0 Å². The second-order valence-electron chi connectivity index (χ2n) is 6.07. The van der Waals surface area contributed by atoms with Crippen molar-refractivity contribution in [3.63, 3.8) is 0 Å². The normalized spacial score (nSPS) is 21.4. The summed E-state index contributed by atoms with van der Waals surface area (Å²) in [6, 6.07) is 6.41. The van der Waals surface area contributed by atoms with Crippen molar-refractivity contribution in [1.82, 2.24) is 10.6 Å². The van der Waals surface area contributed by atoms with Crippen molar-refractivity contribution in [1.29, 1.82) is 0 Å². The number of ether oxygens (including phenoxy) is 1. The Morgan fingerprint density at radius 1 is 1.25 bits per heavy atom. The van der Waals surface area contributed by atoms with Gasteiger partial charge in [0.1, 0.15) is 11.6 Å². The number of guanidine groups is 1. The Labute approximate surface area is 143 Å². The maximum absolute atomic E-state index is 12.8. The number of nitrogens with zero attached hydrogens (tertiary/aromatic N) is 1. The Bertz CT molecular complexity index is 499. The van der Waals surface area contributed by atoms with E-state index in [1.165, 1.54) is 12.1 Å². The van der Waals surface area contributed by atoms with E-state index in [0.717, 1.165) is 44.6 Å². The van der Waals surface area contributed by atoms with Gasteiger partial charge in [-0.2, -0.15) is 0 Å². The minimum atomic E-state index is -0.261. The zero-order chi connectivity index (χ0) is 17.2. The first-order valence-electron chi connectivity index (χ1n) is 8.78. The number of nitrogens with one attached hydrogen (secondary N) is 2. The summed E-state index contributed by atoms with van der Waals surface area (Å²) >= 11 is 0. The second kappa shape index (κ2) is 10.1. The van der Waals surface area contributed by atoms with E-state index < -0.39 is 0 Å². The van der Waals surface area contributed by atoms with Crippen LogP contribution in [-0.2, 0) is 0 Å². The Kier molecular flexibility index (Phi) is 7.82. The zero-order valence-corrected chi connectivity index (χ0v) is 14.3. The van der Waals surface area contributed by atoms with Crippen LogP contribution in [0.3, 0.4) is 0 Å². The van der Waals surface area contributed by atoms with E-state index in [2.05, 4.69) is 15.6 Å². The van der Waals surface area contributed by atoms with Crippen LogP contribution in [0.5, 0.6) is 5.75 Å². The van der Waals surface area contributed by atoms with Crippen LogP contribution in [0, 0.1) is 5.82 Å². The summed E-state index contributed by atoms with van der Waals surface area (Å²) in [5.41, 5.74) is 0. The molecule has 1 aliphatic carbocycles. The van der Waals surface area contributed by atoms with Crippen molar-refractivity contribution in [3.05, 3.63) is 30.1 Å². The van der Waals surface area contributed by atoms with E-state index in [0.29, 0.717) is 24.9 Å². The number of aliphatic imine (C=N–C) groups is 1. The topological polar surface area (TPSA) is 65.9 Å². The van der Waals surface area contributed by atoms with Crippen molar-refractivity contribution < 1.29 is 14.2 Å². The SMILES string of the molecule is CCNC(=NCCCOc1ccc(F)cc1)NC1CCC(O)CC1. The maximum Gasteiger partial charge on any atom is 0.191 e. The summed E-state index contributed by atoms with van der Waals surface area (Å²) in [7, 11) is 0. The van der Waals surface area contributed by atoms with Gasteiger partial charge in [-0.25, -0.2) is 4.39 Å². The van der Waals surface area contributed by atoms with Gasteiger partial charge in [0, 0.05) is 25.6 Å². The number of rotatable bonds is 7. The third-order valence-corrected chi connectivity index (χ3v) is 4.04. The van der Waals surface area contributed by atoms with Gasteiger partial charge in [-0.15, -0.1) is 0 Å². The van der Waals surface area contributed by atoms with Gasteiger partial charge in [-0.3, -0.25) is 4.99 Å². The van der Waals surface area contributed by atoms with Crippen molar-refractivity contribution in [3.8, 4) is 5.75 Å². The largest absolute Gasteiger partial charge is 0.494 e. The summed E-state index contributed by atoms with van der Waals surface area (Å²) in [4.78, 5) is 4.56. The second-order valence-corrected chi connectivity index (χ2v) is 6.07. The van der Waals surface area contributed by atoms with Crippen molar-refractivity contribution in [2.24, 2.45) is 4.99 Å². The molecule has 1 aliphatic rings. The van der Waals surface area contributed by atoms with Crippen LogP contribution in [0.25, 0.3) is 0 Å². The van der Waals surface area contributed by atoms with Crippen LogP contribution in [0.2, 0.25) is 0 Å². The predicted molar refractivity (Wildman–Crippen MR) is 93.9 cm³/mol. The molecular weight excluding hydrogens is 309 g/mol. The number of aliphatic hydroxyl groups excluding tert-OH is 1. The molecule has 0 spiro atoms. The third-order valence-electron chi connectivity index (χ3n) is 4.04. The van der Waals surface area contributed by atoms with E-state index in [1.54, 1.807) is 12.1 Å². The van der Waals surface area contributed by atoms with Crippen LogP contribution in [-0.4, -0.2) is 42.9 Å². The smallest absolute Gasteiger partial charge is 0.191 e. The molecule has 0 atom stereocenters. The van der Waals surface area contributed by atoms with Crippen molar-refractivity contribution >= 4 is 5.96 Å². The summed E-state index contributed by atoms with van der Waals surface area (Å²) in [5, 5.41) is 16.3. The molecule has 1 fully saturated rings. The number of hydrogen-bond donors (Lipinski definition) is 3. The highest BCUT2D eigenvalue weighted by Gasteiger charge is 2.19. The van der Waals surface area contributed by atoms with E-state index >= 15 is 0 Å². The maximum atomic E-state index is 12.8.